The molecule has 1 heterocycles. The molecule has 0 spiro atoms. The van der Waals surface area contributed by atoms with Crippen molar-refractivity contribution in [2.75, 3.05) is 13.1 Å². The number of carbonyl (C=O) groups is 2. The van der Waals surface area contributed by atoms with E-state index in [1.807, 2.05) is 0 Å². The number of carboxylic acids is 2. The summed E-state index contributed by atoms with van der Waals surface area (Å²) < 4.78 is 0. The zero-order chi connectivity index (χ0) is 12.4. The van der Waals surface area contributed by atoms with Gasteiger partial charge in [0.05, 0.1) is 5.92 Å². The largest absolute Gasteiger partial charge is 0.481 e. The number of rotatable bonds is 4. The molecule has 1 aliphatic carbocycles. The van der Waals surface area contributed by atoms with Gasteiger partial charge in [0.25, 0.3) is 0 Å². The van der Waals surface area contributed by atoms with Crippen LogP contribution in [0.25, 0.3) is 0 Å². The molecule has 5 nitrogen and oxygen atoms in total. The monoisotopic (exact) mass is 241 g/mol. The summed E-state index contributed by atoms with van der Waals surface area (Å²) >= 11 is 0. The maximum absolute atomic E-state index is 11.0. The lowest BCUT2D eigenvalue weighted by molar-refractivity contribution is -0.146. The Morgan fingerprint density at radius 2 is 1.71 bits per heavy atom. The fraction of sp³-hybridized carbons (Fsp3) is 0.833. The normalized spacial score (nSPS) is 36.5. The Morgan fingerprint density at radius 1 is 1.12 bits per heavy atom. The molecule has 1 aliphatic heterocycles. The van der Waals surface area contributed by atoms with Gasteiger partial charge in [0.15, 0.2) is 0 Å². The molecule has 3 N–H and O–H groups in total. The molecule has 0 aromatic rings. The van der Waals surface area contributed by atoms with Gasteiger partial charge in [-0.05, 0) is 50.1 Å². The van der Waals surface area contributed by atoms with Gasteiger partial charge in [-0.25, -0.2) is 0 Å². The highest BCUT2D eigenvalue weighted by Gasteiger charge is 2.42. The first-order valence-corrected chi connectivity index (χ1v) is 6.23. The van der Waals surface area contributed by atoms with Crippen molar-refractivity contribution >= 4 is 11.9 Å². The second kappa shape index (κ2) is 5.04. The predicted octanol–water partition coefficient (Wildman–Crippen LogP) is 0.798. The van der Waals surface area contributed by atoms with Crippen molar-refractivity contribution in [1.82, 2.24) is 5.32 Å². The summed E-state index contributed by atoms with van der Waals surface area (Å²) in [5, 5.41) is 21.1. The van der Waals surface area contributed by atoms with Crippen LogP contribution in [0, 0.1) is 23.7 Å². The molecule has 0 aromatic heterocycles. The van der Waals surface area contributed by atoms with Crippen LogP contribution in [-0.4, -0.2) is 35.2 Å². The Morgan fingerprint density at radius 3 is 2.18 bits per heavy atom. The third-order valence-corrected chi connectivity index (χ3v) is 4.24. The summed E-state index contributed by atoms with van der Waals surface area (Å²) in [6, 6.07) is 0. The highest BCUT2D eigenvalue weighted by atomic mass is 16.4. The summed E-state index contributed by atoms with van der Waals surface area (Å²) in [5.74, 6) is -0.614. The second-order valence-corrected chi connectivity index (χ2v) is 5.28. The Balaban J connectivity index is 1.99. The zero-order valence-electron chi connectivity index (χ0n) is 9.76. The summed E-state index contributed by atoms with van der Waals surface area (Å²) in [5.41, 5.74) is 0. The molecule has 5 heteroatoms. The molecule has 2 rings (SSSR count). The Kier molecular flexibility index (Phi) is 3.66. The summed E-state index contributed by atoms with van der Waals surface area (Å²) in [7, 11) is 0. The molecular weight excluding hydrogens is 222 g/mol. The molecule has 17 heavy (non-hydrogen) atoms. The van der Waals surface area contributed by atoms with Crippen molar-refractivity contribution in [1.29, 1.82) is 0 Å². The molecular formula is C12H19NO4. The third-order valence-electron chi connectivity index (χ3n) is 4.24. The summed E-state index contributed by atoms with van der Waals surface area (Å²) in [4.78, 5) is 21.7. The number of nitrogens with one attached hydrogen (secondary N) is 1. The van der Waals surface area contributed by atoms with E-state index in [9.17, 15) is 9.59 Å². The number of aliphatic carboxylic acids is 2. The van der Waals surface area contributed by atoms with E-state index in [1.54, 1.807) is 0 Å². The topological polar surface area (TPSA) is 86.6 Å². The Hall–Kier alpha value is -1.10. The summed E-state index contributed by atoms with van der Waals surface area (Å²) in [6.07, 6.45) is 2.29. The van der Waals surface area contributed by atoms with Crippen molar-refractivity contribution in [3.05, 3.63) is 0 Å². The fourth-order valence-electron chi connectivity index (χ4n) is 3.45. The van der Waals surface area contributed by atoms with Gasteiger partial charge in [-0.1, -0.05) is 0 Å². The van der Waals surface area contributed by atoms with Gasteiger partial charge in [-0.15, -0.1) is 0 Å². The maximum Gasteiger partial charge on any atom is 0.306 e. The fourth-order valence-corrected chi connectivity index (χ4v) is 3.45. The molecule has 2 bridgehead atoms. The molecule has 2 unspecified atom stereocenters. The van der Waals surface area contributed by atoms with E-state index < -0.39 is 11.9 Å². The quantitative estimate of drug-likeness (QED) is 0.677. The predicted molar refractivity (Wildman–Crippen MR) is 60.6 cm³/mol. The van der Waals surface area contributed by atoms with Crippen molar-refractivity contribution in [3.8, 4) is 0 Å². The van der Waals surface area contributed by atoms with Crippen LogP contribution < -0.4 is 5.32 Å². The van der Waals surface area contributed by atoms with Crippen LogP contribution in [0.2, 0.25) is 0 Å². The number of hydrogen-bond acceptors (Lipinski definition) is 3. The first-order chi connectivity index (χ1) is 8.08. The Bertz CT molecular complexity index is 304. The van der Waals surface area contributed by atoms with Crippen molar-refractivity contribution in [2.24, 2.45) is 23.7 Å². The minimum atomic E-state index is -0.753. The number of hydrogen-bond donors (Lipinski definition) is 3. The van der Waals surface area contributed by atoms with Crippen molar-refractivity contribution in [2.45, 2.75) is 25.7 Å². The summed E-state index contributed by atoms with van der Waals surface area (Å²) in [6.45, 7) is 1.68. The molecule has 1 saturated carbocycles. The Labute approximate surface area is 100 Å². The molecule has 1 saturated heterocycles. The van der Waals surface area contributed by atoms with Crippen molar-refractivity contribution < 1.29 is 19.8 Å². The van der Waals surface area contributed by atoms with Gasteiger partial charge in [0.2, 0.25) is 0 Å². The maximum atomic E-state index is 11.0. The number of fused-ring (bicyclic) bond motifs is 2. The molecule has 96 valence electrons. The standard InChI is InChI=1S/C12H19NO4/c14-11(15)2-1-10-8-3-7(12(16)17)4-9(10)6-13-5-8/h7-10,13H,1-6H2,(H,14,15)(H,16,17). The number of carboxylic acid groups (broad SMARTS) is 2. The average Bonchev–Trinajstić information content (AvgIpc) is 2.24. The molecule has 2 aliphatic rings. The zero-order valence-corrected chi connectivity index (χ0v) is 9.76. The van der Waals surface area contributed by atoms with E-state index in [0.29, 0.717) is 37.0 Å². The van der Waals surface area contributed by atoms with Gasteiger partial charge in [0.1, 0.15) is 0 Å². The second-order valence-electron chi connectivity index (χ2n) is 5.28. The smallest absolute Gasteiger partial charge is 0.306 e. The van der Waals surface area contributed by atoms with Crippen LogP contribution in [0.15, 0.2) is 0 Å². The van der Waals surface area contributed by atoms with Gasteiger partial charge in [-0.3, -0.25) is 9.59 Å². The van der Waals surface area contributed by atoms with Gasteiger partial charge < -0.3 is 15.5 Å². The van der Waals surface area contributed by atoms with E-state index in [1.165, 1.54) is 0 Å². The molecule has 0 radical (unpaired) electrons. The first kappa shape index (κ1) is 12.4. The average molecular weight is 241 g/mol. The first-order valence-electron chi connectivity index (χ1n) is 6.23. The van der Waals surface area contributed by atoms with Crippen molar-refractivity contribution in [3.63, 3.8) is 0 Å². The van der Waals surface area contributed by atoms with Crippen LogP contribution in [0.4, 0.5) is 0 Å². The molecule has 0 aromatic carbocycles. The van der Waals surface area contributed by atoms with Gasteiger partial charge in [-0.2, -0.15) is 0 Å². The van der Waals surface area contributed by atoms with Crippen LogP contribution >= 0.6 is 0 Å². The minimum Gasteiger partial charge on any atom is -0.481 e. The lowest BCUT2D eigenvalue weighted by Gasteiger charge is -2.45. The molecule has 2 atom stereocenters. The number of piperidine rings is 1. The SMILES string of the molecule is O=C(O)CCC1C2CNCC1CC(C(=O)O)C2. The van der Waals surface area contributed by atoms with E-state index in [0.717, 1.165) is 13.1 Å². The van der Waals surface area contributed by atoms with Crippen LogP contribution in [0.3, 0.4) is 0 Å². The lowest BCUT2D eigenvalue weighted by Crippen LogP contribution is -2.49. The highest BCUT2D eigenvalue weighted by Crippen LogP contribution is 2.42. The lowest BCUT2D eigenvalue weighted by atomic mass is 9.64. The minimum absolute atomic E-state index is 0.204. The van der Waals surface area contributed by atoms with E-state index in [4.69, 9.17) is 10.2 Å². The van der Waals surface area contributed by atoms with Crippen LogP contribution in [0.5, 0.6) is 0 Å². The van der Waals surface area contributed by atoms with Gasteiger partial charge in [0, 0.05) is 6.42 Å². The van der Waals surface area contributed by atoms with E-state index in [2.05, 4.69) is 5.32 Å². The molecule has 0 amide bonds. The van der Waals surface area contributed by atoms with E-state index in [-0.39, 0.29) is 12.3 Å². The van der Waals surface area contributed by atoms with Gasteiger partial charge >= 0.3 is 11.9 Å². The van der Waals surface area contributed by atoms with E-state index >= 15 is 0 Å². The molecule has 2 fully saturated rings. The highest BCUT2D eigenvalue weighted by molar-refractivity contribution is 5.70. The third kappa shape index (κ3) is 2.77. The van der Waals surface area contributed by atoms with Crippen LogP contribution in [0.1, 0.15) is 25.7 Å². The van der Waals surface area contributed by atoms with Crippen LogP contribution in [-0.2, 0) is 9.59 Å².